The van der Waals surface area contributed by atoms with E-state index in [0.717, 1.165) is 37.0 Å². The molecular weight excluding hydrogens is 424 g/mol. The third-order valence-corrected chi connectivity index (χ3v) is 7.31. The summed E-state index contributed by atoms with van der Waals surface area (Å²) in [6.45, 7) is 4.90. The van der Waals surface area contributed by atoms with E-state index in [-0.39, 0.29) is 21.4 Å². The summed E-state index contributed by atoms with van der Waals surface area (Å²) in [6.07, 6.45) is 0. The smallest absolute Gasteiger partial charge is 0.252 e. The van der Waals surface area contributed by atoms with Gasteiger partial charge in [-0.25, -0.2) is 12.7 Å². The average molecular weight is 451 g/mol. The molecule has 3 rings (SSSR count). The molecule has 0 spiro atoms. The Kier molecular flexibility index (Phi) is 7.36. The normalized spacial score (nSPS) is 15.4. The molecule has 1 N–H and O–H groups in total. The van der Waals surface area contributed by atoms with Gasteiger partial charge in [0.15, 0.2) is 0 Å². The van der Waals surface area contributed by atoms with Gasteiger partial charge in [0, 0.05) is 59.1 Å². The molecule has 1 fully saturated rings. The second-order valence-corrected chi connectivity index (χ2v) is 9.91. The molecule has 1 aliphatic rings. The number of piperazine rings is 1. The number of benzene rings is 2. The number of nitrogens with one attached hydrogen (secondary N) is 1. The van der Waals surface area contributed by atoms with Crippen LogP contribution >= 0.6 is 11.6 Å². The second kappa shape index (κ2) is 9.78. The minimum Gasteiger partial charge on any atom is -0.369 e. The fourth-order valence-electron chi connectivity index (χ4n) is 3.34. The van der Waals surface area contributed by atoms with E-state index in [1.54, 1.807) is 0 Å². The summed E-state index contributed by atoms with van der Waals surface area (Å²) in [5.41, 5.74) is 1.39. The highest BCUT2D eigenvalue weighted by atomic mass is 35.5. The molecule has 1 aliphatic heterocycles. The maximum atomic E-state index is 12.6. The fraction of sp³-hybridized carbons (Fsp3) is 0.381. The van der Waals surface area contributed by atoms with Gasteiger partial charge in [0.1, 0.15) is 0 Å². The van der Waals surface area contributed by atoms with Crippen LogP contribution in [0.5, 0.6) is 0 Å². The zero-order chi connectivity index (χ0) is 21.7. The van der Waals surface area contributed by atoms with Gasteiger partial charge in [0.2, 0.25) is 10.0 Å². The molecule has 0 bridgehead atoms. The number of hydrogen-bond acceptors (Lipinski definition) is 5. The lowest BCUT2D eigenvalue weighted by Crippen LogP contribution is -2.48. The van der Waals surface area contributed by atoms with Crippen LogP contribution in [-0.4, -0.2) is 76.9 Å². The van der Waals surface area contributed by atoms with Gasteiger partial charge in [-0.3, -0.25) is 9.69 Å². The third kappa shape index (κ3) is 5.31. The van der Waals surface area contributed by atoms with E-state index in [1.807, 2.05) is 18.2 Å². The van der Waals surface area contributed by atoms with Crippen molar-refractivity contribution in [2.24, 2.45) is 0 Å². The predicted octanol–water partition coefficient (Wildman–Crippen LogP) is 2.14. The van der Waals surface area contributed by atoms with Crippen LogP contribution in [0.25, 0.3) is 0 Å². The predicted molar refractivity (Wildman–Crippen MR) is 120 cm³/mol. The first-order valence-electron chi connectivity index (χ1n) is 9.81. The number of halogens is 1. The topological polar surface area (TPSA) is 73.0 Å². The van der Waals surface area contributed by atoms with Crippen LogP contribution < -0.4 is 10.2 Å². The van der Waals surface area contributed by atoms with E-state index < -0.39 is 10.0 Å². The molecular formula is C21H27ClN4O3S. The summed E-state index contributed by atoms with van der Waals surface area (Å²) in [5, 5.41) is 3.07. The Labute approximate surface area is 183 Å². The third-order valence-electron chi connectivity index (χ3n) is 5.17. The molecule has 30 heavy (non-hydrogen) atoms. The van der Waals surface area contributed by atoms with Crippen LogP contribution in [0, 0.1) is 0 Å². The van der Waals surface area contributed by atoms with Gasteiger partial charge in [-0.15, -0.1) is 0 Å². The van der Waals surface area contributed by atoms with Crippen LogP contribution in [0.1, 0.15) is 10.4 Å². The highest BCUT2D eigenvalue weighted by Crippen LogP contribution is 2.22. The molecule has 0 saturated carbocycles. The molecule has 0 aromatic heterocycles. The van der Waals surface area contributed by atoms with Gasteiger partial charge in [-0.1, -0.05) is 29.8 Å². The Morgan fingerprint density at radius 1 is 1.07 bits per heavy atom. The van der Waals surface area contributed by atoms with Crippen molar-refractivity contribution in [3.63, 3.8) is 0 Å². The minimum absolute atomic E-state index is 0.0408. The highest BCUT2D eigenvalue weighted by Gasteiger charge is 2.21. The van der Waals surface area contributed by atoms with Crippen molar-refractivity contribution >= 4 is 33.2 Å². The van der Waals surface area contributed by atoms with Gasteiger partial charge in [0.05, 0.1) is 15.5 Å². The van der Waals surface area contributed by atoms with Crippen molar-refractivity contribution in [3.05, 3.63) is 59.1 Å². The number of anilines is 1. The van der Waals surface area contributed by atoms with Crippen LogP contribution in [0.4, 0.5) is 5.69 Å². The van der Waals surface area contributed by atoms with Gasteiger partial charge < -0.3 is 10.2 Å². The molecule has 1 saturated heterocycles. The van der Waals surface area contributed by atoms with Crippen molar-refractivity contribution in [2.45, 2.75) is 4.90 Å². The Hall–Kier alpha value is -2.13. The van der Waals surface area contributed by atoms with Crippen LogP contribution in [0.3, 0.4) is 0 Å². The number of para-hydroxylation sites is 1. The number of rotatable bonds is 7. The molecule has 162 valence electrons. The molecule has 9 heteroatoms. The molecule has 7 nitrogen and oxygen atoms in total. The van der Waals surface area contributed by atoms with Crippen molar-refractivity contribution in [2.75, 3.05) is 58.3 Å². The van der Waals surface area contributed by atoms with Crippen LogP contribution in [-0.2, 0) is 10.0 Å². The standard InChI is InChI=1S/C21H27ClN4O3S/c1-24(2)30(28,29)18-8-9-20(22)19(16-18)21(27)23-10-11-25-12-14-26(15-13-25)17-6-4-3-5-7-17/h3-9,16H,10-15H2,1-2H3,(H,23,27). The summed E-state index contributed by atoms with van der Waals surface area (Å²) < 4.78 is 25.7. The van der Waals surface area contributed by atoms with E-state index in [4.69, 9.17) is 11.6 Å². The molecule has 1 heterocycles. The Morgan fingerprint density at radius 2 is 1.73 bits per heavy atom. The average Bonchev–Trinajstić information content (AvgIpc) is 2.75. The number of amides is 1. The van der Waals surface area contributed by atoms with E-state index in [9.17, 15) is 13.2 Å². The van der Waals surface area contributed by atoms with Crippen molar-refractivity contribution in [1.29, 1.82) is 0 Å². The summed E-state index contributed by atoms with van der Waals surface area (Å²) in [4.78, 5) is 17.3. The molecule has 2 aromatic rings. The zero-order valence-electron chi connectivity index (χ0n) is 17.2. The number of sulfonamides is 1. The minimum atomic E-state index is -3.63. The van der Waals surface area contributed by atoms with Crippen molar-refractivity contribution in [1.82, 2.24) is 14.5 Å². The molecule has 0 unspecified atom stereocenters. The van der Waals surface area contributed by atoms with Gasteiger partial charge >= 0.3 is 0 Å². The van der Waals surface area contributed by atoms with E-state index in [0.29, 0.717) is 6.54 Å². The maximum absolute atomic E-state index is 12.6. The van der Waals surface area contributed by atoms with E-state index in [2.05, 4.69) is 27.2 Å². The first-order chi connectivity index (χ1) is 14.3. The lowest BCUT2D eigenvalue weighted by Gasteiger charge is -2.36. The summed E-state index contributed by atoms with van der Waals surface area (Å²) >= 11 is 6.14. The Balaban J connectivity index is 1.52. The lowest BCUT2D eigenvalue weighted by molar-refractivity contribution is 0.0947. The summed E-state index contributed by atoms with van der Waals surface area (Å²) in [5.74, 6) is -0.376. The quantitative estimate of drug-likeness (QED) is 0.699. The number of carbonyl (C=O) groups is 1. The zero-order valence-corrected chi connectivity index (χ0v) is 18.8. The number of carbonyl (C=O) groups excluding carboxylic acids is 1. The molecule has 2 aromatic carbocycles. The van der Waals surface area contributed by atoms with Gasteiger partial charge in [-0.05, 0) is 30.3 Å². The Bertz CT molecular complexity index is 975. The van der Waals surface area contributed by atoms with Crippen LogP contribution in [0.15, 0.2) is 53.4 Å². The van der Waals surface area contributed by atoms with E-state index in [1.165, 1.54) is 38.0 Å². The van der Waals surface area contributed by atoms with E-state index >= 15 is 0 Å². The summed E-state index contributed by atoms with van der Waals surface area (Å²) in [6, 6.07) is 14.5. The maximum Gasteiger partial charge on any atom is 0.252 e. The first-order valence-corrected chi connectivity index (χ1v) is 11.6. The summed E-state index contributed by atoms with van der Waals surface area (Å²) in [7, 11) is -0.742. The van der Waals surface area contributed by atoms with Crippen molar-refractivity contribution in [3.8, 4) is 0 Å². The number of nitrogens with zero attached hydrogens (tertiary/aromatic N) is 3. The largest absolute Gasteiger partial charge is 0.369 e. The highest BCUT2D eigenvalue weighted by molar-refractivity contribution is 7.89. The second-order valence-electron chi connectivity index (χ2n) is 7.35. The first kappa shape index (κ1) is 22.6. The van der Waals surface area contributed by atoms with Gasteiger partial charge in [-0.2, -0.15) is 0 Å². The van der Waals surface area contributed by atoms with Gasteiger partial charge in [0.25, 0.3) is 5.91 Å². The molecule has 1 amide bonds. The SMILES string of the molecule is CN(C)S(=O)(=O)c1ccc(Cl)c(C(=O)NCCN2CCN(c3ccccc3)CC2)c1. The molecule has 0 atom stereocenters. The fourth-order valence-corrected chi connectivity index (χ4v) is 4.47. The van der Waals surface area contributed by atoms with Crippen LogP contribution in [0.2, 0.25) is 5.02 Å². The molecule has 0 aliphatic carbocycles. The molecule has 0 radical (unpaired) electrons. The lowest BCUT2D eigenvalue weighted by atomic mass is 10.2. The monoisotopic (exact) mass is 450 g/mol. The number of hydrogen-bond donors (Lipinski definition) is 1. The van der Waals surface area contributed by atoms with Crippen molar-refractivity contribution < 1.29 is 13.2 Å². The Morgan fingerprint density at radius 3 is 2.37 bits per heavy atom.